The molecule has 2 aromatic carbocycles. The van der Waals surface area contributed by atoms with Crippen LogP contribution in [0.3, 0.4) is 0 Å². The van der Waals surface area contributed by atoms with E-state index >= 15 is 0 Å². The van der Waals surface area contributed by atoms with Crippen LogP contribution in [0.1, 0.15) is 32.8 Å². The number of benzene rings is 2. The number of carbonyl (C=O) groups is 2. The van der Waals surface area contributed by atoms with Crippen LogP contribution in [0.5, 0.6) is 0 Å². The lowest BCUT2D eigenvalue weighted by Crippen LogP contribution is -2.54. The van der Waals surface area contributed by atoms with E-state index in [1.807, 2.05) is 0 Å². The van der Waals surface area contributed by atoms with Crippen LogP contribution in [0.4, 0.5) is 10.1 Å². The van der Waals surface area contributed by atoms with Crippen molar-refractivity contribution in [1.82, 2.24) is 14.5 Å². The fourth-order valence-corrected chi connectivity index (χ4v) is 4.84. The normalized spacial score (nSPS) is 12.5. The lowest BCUT2D eigenvalue weighted by Gasteiger charge is -2.34. The third-order valence-corrected chi connectivity index (χ3v) is 7.85. The summed E-state index contributed by atoms with van der Waals surface area (Å²) in [7, 11) is -1.48. The van der Waals surface area contributed by atoms with E-state index in [1.54, 1.807) is 39.0 Å². The summed E-state index contributed by atoms with van der Waals surface area (Å²) < 4.78 is 41.6. The van der Waals surface area contributed by atoms with Gasteiger partial charge in [0.1, 0.15) is 18.4 Å². The van der Waals surface area contributed by atoms with Gasteiger partial charge in [-0.15, -0.1) is 0 Å². The van der Waals surface area contributed by atoms with Gasteiger partial charge in [-0.2, -0.15) is 12.7 Å². The maximum atomic E-state index is 13.7. The molecule has 2 rings (SSSR count). The molecule has 0 saturated heterocycles. The lowest BCUT2D eigenvalue weighted by atomic mass is 10.1. The van der Waals surface area contributed by atoms with E-state index in [-0.39, 0.29) is 35.6 Å². The van der Waals surface area contributed by atoms with E-state index in [4.69, 9.17) is 23.2 Å². The molecular formula is C24H31Cl2FN4O4S. The molecule has 0 radical (unpaired) electrons. The van der Waals surface area contributed by atoms with Crippen molar-refractivity contribution in [3.63, 3.8) is 0 Å². The molecule has 0 aromatic heterocycles. The highest BCUT2D eigenvalue weighted by molar-refractivity contribution is 7.90. The van der Waals surface area contributed by atoms with Gasteiger partial charge < -0.3 is 10.2 Å². The summed E-state index contributed by atoms with van der Waals surface area (Å²) in [6.45, 7) is 4.73. The average molecular weight is 562 g/mol. The van der Waals surface area contributed by atoms with Gasteiger partial charge in [0.15, 0.2) is 0 Å². The second-order valence-electron chi connectivity index (χ2n) is 8.63. The first-order chi connectivity index (χ1) is 16.8. The Balaban J connectivity index is 2.52. The Hall–Kier alpha value is -2.40. The zero-order valence-corrected chi connectivity index (χ0v) is 23.2. The number of rotatable bonds is 11. The van der Waals surface area contributed by atoms with E-state index in [0.29, 0.717) is 10.6 Å². The van der Waals surface area contributed by atoms with Gasteiger partial charge in [-0.05, 0) is 62.2 Å². The van der Waals surface area contributed by atoms with Gasteiger partial charge in [0.2, 0.25) is 11.8 Å². The Kier molecular flexibility index (Phi) is 10.5. The quantitative estimate of drug-likeness (QED) is 0.448. The molecule has 8 nitrogen and oxygen atoms in total. The summed E-state index contributed by atoms with van der Waals surface area (Å²) in [6.07, 6.45) is 0.280. The van der Waals surface area contributed by atoms with Crippen LogP contribution >= 0.6 is 23.2 Å². The van der Waals surface area contributed by atoms with Crippen LogP contribution in [0.2, 0.25) is 10.0 Å². The minimum Gasteiger partial charge on any atom is -0.352 e. The number of nitrogens with zero attached hydrogens (tertiary/aromatic N) is 3. The maximum absolute atomic E-state index is 13.7. The first-order valence-electron chi connectivity index (χ1n) is 11.3. The number of anilines is 1. The molecule has 12 heteroatoms. The van der Waals surface area contributed by atoms with Gasteiger partial charge >= 0.3 is 10.2 Å². The van der Waals surface area contributed by atoms with Gasteiger partial charge in [0.25, 0.3) is 0 Å². The molecule has 2 amide bonds. The predicted molar refractivity (Wildman–Crippen MR) is 141 cm³/mol. The lowest BCUT2D eigenvalue weighted by molar-refractivity contribution is -0.140. The van der Waals surface area contributed by atoms with Gasteiger partial charge in [0.05, 0.1) is 15.7 Å². The monoisotopic (exact) mass is 560 g/mol. The summed E-state index contributed by atoms with van der Waals surface area (Å²) in [5.74, 6) is -1.55. The van der Waals surface area contributed by atoms with Crippen molar-refractivity contribution in [1.29, 1.82) is 0 Å². The molecule has 1 atom stereocenters. The zero-order chi connectivity index (χ0) is 27.2. The van der Waals surface area contributed by atoms with Crippen LogP contribution in [-0.4, -0.2) is 62.2 Å². The van der Waals surface area contributed by atoms with Crippen molar-refractivity contribution in [2.24, 2.45) is 0 Å². The average Bonchev–Trinajstić information content (AvgIpc) is 2.79. The van der Waals surface area contributed by atoms with Gasteiger partial charge in [0, 0.05) is 26.7 Å². The largest absolute Gasteiger partial charge is 0.352 e. The molecule has 0 spiro atoms. The predicted octanol–water partition coefficient (Wildman–Crippen LogP) is 4.08. The van der Waals surface area contributed by atoms with Crippen LogP contribution in [0, 0.1) is 5.82 Å². The number of carbonyl (C=O) groups excluding carboxylic acids is 2. The van der Waals surface area contributed by atoms with E-state index in [1.165, 1.54) is 31.1 Å². The van der Waals surface area contributed by atoms with E-state index in [2.05, 4.69) is 5.32 Å². The van der Waals surface area contributed by atoms with Crippen LogP contribution in [0.25, 0.3) is 0 Å². The van der Waals surface area contributed by atoms with Crippen molar-refractivity contribution in [2.75, 3.05) is 24.9 Å². The van der Waals surface area contributed by atoms with Crippen LogP contribution in [0.15, 0.2) is 42.5 Å². The van der Waals surface area contributed by atoms with Crippen LogP contribution < -0.4 is 9.62 Å². The SMILES string of the molecule is CC[C@@H](C(=O)NC(C)C)N(Cc1ccc(Cl)c(Cl)c1)C(=O)CN(c1ccc(F)cc1)S(=O)(=O)N(C)C. The maximum Gasteiger partial charge on any atom is 0.304 e. The molecule has 0 unspecified atom stereocenters. The van der Waals surface area contributed by atoms with Crippen molar-refractivity contribution >= 4 is 50.9 Å². The van der Waals surface area contributed by atoms with Crippen LogP contribution in [-0.2, 0) is 26.3 Å². The molecule has 0 bridgehead atoms. The Morgan fingerprint density at radius 2 is 1.64 bits per heavy atom. The Morgan fingerprint density at radius 3 is 2.14 bits per heavy atom. The smallest absolute Gasteiger partial charge is 0.304 e. The first kappa shape index (κ1) is 29.8. The van der Waals surface area contributed by atoms with E-state index in [0.717, 1.165) is 20.7 Å². The molecule has 198 valence electrons. The molecule has 2 aromatic rings. The third-order valence-electron chi connectivity index (χ3n) is 5.29. The second-order valence-corrected chi connectivity index (χ2v) is 11.5. The standard InChI is InChI=1S/C24H31Cl2FN4O4S/c1-6-22(24(33)28-16(2)3)30(14-17-7-12-20(25)21(26)13-17)23(32)15-31(36(34,35)29(4)5)19-10-8-18(27)9-11-19/h7-13,16,22H,6,14-15H2,1-5H3,(H,28,33)/t22-/m0/s1. The minimum atomic E-state index is -4.13. The molecule has 0 aliphatic rings. The molecule has 0 aliphatic heterocycles. The summed E-state index contributed by atoms with van der Waals surface area (Å²) in [6, 6.07) is 8.56. The van der Waals surface area contributed by atoms with Gasteiger partial charge in [-0.1, -0.05) is 36.2 Å². The minimum absolute atomic E-state index is 0.0149. The molecule has 0 heterocycles. The number of hydrogen-bond donors (Lipinski definition) is 1. The molecule has 0 fully saturated rings. The fourth-order valence-electron chi connectivity index (χ4n) is 3.46. The molecule has 1 N–H and O–H groups in total. The highest BCUT2D eigenvalue weighted by Crippen LogP contribution is 2.25. The molecular weight excluding hydrogens is 530 g/mol. The highest BCUT2D eigenvalue weighted by Gasteiger charge is 2.34. The van der Waals surface area contributed by atoms with E-state index < -0.39 is 34.5 Å². The molecule has 0 saturated carbocycles. The molecule has 36 heavy (non-hydrogen) atoms. The third kappa shape index (κ3) is 7.55. The Morgan fingerprint density at radius 1 is 1.03 bits per heavy atom. The Labute approximate surface area is 222 Å². The van der Waals surface area contributed by atoms with Gasteiger partial charge in [-0.25, -0.2) is 8.70 Å². The number of amides is 2. The van der Waals surface area contributed by atoms with Crippen molar-refractivity contribution in [3.05, 3.63) is 63.9 Å². The van der Waals surface area contributed by atoms with Crippen molar-refractivity contribution in [3.8, 4) is 0 Å². The Bertz CT molecular complexity index is 1180. The van der Waals surface area contributed by atoms with Gasteiger partial charge in [-0.3, -0.25) is 9.59 Å². The number of halogens is 3. The fraction of sp³-hybridized carbons (Fsp3) is 0.417. The summed E-state index contributed by atoms with van der Waals surface area (Å²) in [4.78, 5) is 28.0. The summed E-state index contributed by atoms with van der Waals surface area (Å²) >= 11 is 12.2. The zero-order valence-electron chi connectivity index (χ0n) is 20.8. The van der Waals surface area contributed by atoms with Crippen molar-refractivity contribution in [2.45, 2.75) is 45.8 Å². The highest BCUT2D eigenvalue weighted by atomic mass is 35.5. The topological polar surface area (TPSA) is 90.0 Å². The molecule has 0 aliphatic carbocycles. The second kappa shape index (κ2) is 12.7. The number of nitrogens with one attached hydrogen (secondary N) is 1. The van der Waals surface area contributed by atoms with Crippen molar-refractivity contribution < 1.29 is 22.4 Å². The number of hydrogen-bond acceptors (Lipinski definition) is 4. The summed E-state index contributed by atoms with van der Waals surface area (Å²) in [5.41, 5.74) is 0.713. The first-order valence-corrected chi connectivity index (χ1v) is 13.4. The van der Waals surface area contributed by atoms with E-state index in [9.17, 15) is 22.4 Å². The summed E-state index contributed by atoms with van der Waals surface area (Å²) in [5, 5.41) is 3.43.